The number of ether oxygens (including phenoxy) is 1. The van der Waals surface area contributed by atoms with Gasteiger partial charge in [0.05, 0.1) is 16.2 Å². The van der Waals surface area contributed by atoms with Crippen molar-refractivity contribution in [2.45, 2.75) is 71.9 Å². The third-order valence-corrected chi connectivity index (χ3v) is 5.53. The highest BCUT2D eigenvalue weighted by atomic mass is 32.1. The van der Waals surface area contributed by atoms with Crippen LogP contribution in [0.1, 0.15) is 67.8 Å². The molecule has 1 aromatic heterocycles. The van der Waals surface area contributed by atoms with Crippen LogP contribution < -0.4 is 10.6 Å². The summed E-state index contributed by atoms with van der Waals surface area (Å²) in [5, 5.41) is 6.89. The van der Waals surface area contributed by atoms with Crippen LogP contribution >= 0.6 is 11.3 Å². The van der Waals surface area contributed by atoms with Crippen LogP contribution in [0.2, 0.25) is 0 Å². The Labute approximate surface area is 153 Å². The van der Waals surface area contributed by atoms with E-state index >= 15 is 0 Å². The summed E-state index contributed by atoms with van der Waals surface area (Å²) < 4.78 is 5.29. The molecule has 6 nitrogen and oxygen atoms in total. The first-order valence-corrected chi connectivity index (χ1v) is 9.61. The molecule has 1 aliphatic carbocycles. The summed E-state index contributed by atoms with van der Waals surface area (Å²) in [7, 11) is 0. The van der Waals surface area contributed by atoms with Gasteiger partial charge in [0.25, 0.3) is 5.91 Å². The fourth-order valence-corrected chi connectivity index (χ4v) is 3.61. The predicted octanol–water partition coefficient (Wildman–Crippen LogP) is 3.44. The summed E-state index contributed by atoms with van der Waals surface area (Å²) in [6.45, 7) is 11.7. The minimum atomic E-state index is -0.542. The Hall–Kier alpha value is -1.63. The number of nitrogens with zero attached hydrogens (tertiary/aromatic N) is 1. The fraction of sp³-hybridized carbons (Fsp3) is 0.722. The molecule has 1 aromatic rings. The molecule has 2 N–H and O–H groups in total. The molecule has 1 heterocycles. The van der Waals surface area contributed by atoms with Crippen molar-refractivity contribution >= 4 is 23.3 Å². The number of hydrogen-bond donors (Lipinski definition) is 2. The lowest BCUT2D eigenvalue weighted by Crippen LogP contribution is -2.55. The average Bonchev–Trinajstić information content (AvgIpc) is 3.27. The van der Waals surface area contributed by atoms with Gasteiger partial charge >= 0.3 is 6.09 Å². The molecule has 2 amide bonds. The van der Waals surface area contributed by atoms with Gasteiger partial charge in [-0.2, -0.15) is 0 Å². The zero-order valence-electron chi connectivity index (χ0n) is 16.0. The number of aromatic nitrogens is 1. The summed E-state index contributed by atoms with van der Waals surface area (Å²) in [4.78, 5) is 29.8. The summed E-state index contributed by atoms with van der Waals surface area (Å²) in [5.74, 6) is 0.250. The zero-order chi connectivity index (χ0) is 18.8. The largest absolute Gasteiger partial charge is 0.444 e. The van der Waals surface area contributed by atoms with Crippen molar-refractivity contribution in [2.75, 3.05) is 6.54 Å². The van der Waals surface area contributed by atoms with E-state index in [1.54, 1.807) is 0 Å². The molecule has 140 valence electrons. The van der Waals surface area contributed by atoms with Crippen molar-refractivity contribution in [3.63, 3.8) is 0 Å². The van der Waals surface area contributed by atoms with Gasteiger partial charge in [-0.3, -0.25) is 4.79 Å². The number of thiazole rings is 1. The summed E-state index contributed by atoms with van der Waals surface area (Å²) in [6, 6.07) is 0. The minimum absolute atomic E-state index is 0.116. The Morgan fingerprint density at radius 3 is 2.40 bits per heavy atom. The van der Waals surface area contributed by atoms with E-state index in [4.69, 9.17) is 4.74 Å². The quantitative estimate of drug-likeness (QED) is 0.807. The molecular weight excluding hydrogens is 338 g/mol. The van der Waals surface area contributed by atoms with Gasteiger partial charge in [-0.25, -0.2) is 9.78 Å². The molecule has 0 radical (unpaired) electrons. The summed E-state index contributed by atoms with van der Waals surface area (Å²) in [6.07, 6.45) is 2.46. The third kappa shape index (κ3) is 5.42. The van der Waals surface area contributed by atoms with E-state index in [0.717, 1.165) is 30.0 Å². The van der Waals surface area contributed by atoms with E-state index < -0.39 is 17.2 Å². The van der Waals surface area contributed by atoms with Crippen molar-refractivity contribution < 1.29 is 14.3 Å². The second kappa shape index (κ2) is 7.32. The molecule has 25 heavy (non-hydrogen) atoms. The van der Waals surface area contributed by atoms with Crippen molar-refractivity contribution in [2.24, 2.45) is 5.92 Å². The van der Waals surface area contributed by atoms with Gasteiger partial charge in [0.15, 0.2) is 0 Å². The van der Waals surface area contributed by atoms with Crippen LogP contribution in [0.4, 0.5) is 4.79 Å². The number of rotatable bonds is 6. The predicted molar refractivity (Wildman–Crippen MR) is 99.1 cm³/mol. The molecule has 1 atom stereocenters. The van der Waals surface area contributed by atoms with Crippen LogP contribution in [-0.2, 0) is 11.2 Å². The first kappa shape index (κ1) is 19.7. The number of nitrogens with one attached hydrogen (secondary N) is 2. The van der Waals surface area contributed by atoms with Gasteiger partial charge in [0.1, 0.15) is 10.5 Å². The van der Waals surface area contributed by atoms with Crippen molar-refractivity contribution in [1.29, 1.82) is 0 Å². The number of amides is 2. The standard InChI is InChI=1S/C18H29N3O3S/c1-7-13-20-11(2)14(25-13)15(22)21-18(6,12-8-9-12)10-19-16(23)24-17(3,4)5/h12H,7-10H2,1-6H3,(H,19,23)(H,21,22). The maximum absolute atomic E-state index is 12.7. The Kier molecular flexibility index (Phi) is 5.76. The van der Waals surface area contributed by atoms with E-state index in [0.29, 0.717) is 17.3 Å². The molecule has 0 aromatic carbocycles. The number of alkyl carbamates (subject to hydrolysis) is 1. The first-order valence-electron chi connectivity index (χ1n) is 8.79. The van der Waals surface area contributed by atoms with Crippen LogP contribution in [0.3, 0.4) is 0 Å². The van der Waals surface area contributed by atoms with Gasteiger partial charge in [-0.15, -0.1) is 11.3 Å². The molecule has 1 saturated carbocycles. The Balaban J connectivity index is 2.02. The first-order chi connectivity index (χ1) is 11.5. The second-order valence-corrected chi connectivity index (χ2v) is 8.96. The Bertz CT molecular complexity index is 646. The van der Waals surface area contributed by atoms with Crippen molar-refractivity contribution in [1.82, 2.24) is 15.6 Å². The third-order valence-electron chi connectivity index (χ3n) is 4.23. The highest BCUT2D eigenvalue weighted by Crippen LogP contribution is 2.39. The number of aryl methyl sites for hydroxylation is 2. The maximum atomic E-state index is 12.7. The summed E-state index contributed by atoms with van der Waals surface area (Å²) in [5.41, 5.74) is -0.270. The molecule has 0 bridgehead atoms. The molecule has 7 heteroatoms. The van der Waals surface area contributed by atoms with Crippen molar-refractivity contribution in [3.05, 3.63) is 15.6 Å². The van der Waals surface area contributed by atoms with E-state index in [1.807, 2.05) is 41.5 Å². The van der Waals surface area contributed by atoms with Crippen LogP contribution in [0.15, 0.2) is 0 Å². The highest BCUT2D eigenvalue weighted by molar-refractivity contribution is 7.13. The second-order valence-electron chi connectivity index (χ2n) is 7.88. The molecule has 0 saturated heterocycles. The average molecular weight is 368 g/mol. The number of carbonyl (C=O) groups is 2. The smallest absolute Gasteiger partial charge is 0.407 e. The number of carbonyl (C=O) groups excluding carboxylic acids is 2. The van der Waals surface area contributed by atoms with E-state index in [9.17, 15) is 9.59 Å². The number of hydrogen-bond acceptors (Lipinski definition) is 5. The Morgan fingerprint density at radius 1 is 1.28 bits per heavy atom. The molecule has 0 spiro atoms. The lowest BCUT2D eigenvalue weighted by atomic mass is 9.95. The van der Waals surface area contributed by atoms with Crippen LogP contribution in [-0.4, -0.2) is 34.7 Å². The minimum Gasteiger partial charge on any atom is -0.444 e. The molecule has 1 fully saturated rings. The van der Waals surface area contributed by atoms with E-state index in [1.165, 1.54) is 11.3 Å². The lowest BCUT2D eigenvalue weighted by molar-refractivity contribution is 0.0502. The van der Waals surface area contributed by atoms with E-state index in [-0.39, 0.29) is 5.91 Å². The highest BCUT2D eigenvalue weighted by Gasteiger charge is 2.43. The zero-order valence-corrected chi connectivity index (χ0v) is 16.8. The van der Waals surface area contributed by atoms with Gasteiger partial charge in [-0.05, 0) is 59.8 Å². The Morgan fingerprint density at radius 2 is 1.92 bits per heavy atom. The van der Waals surface area contributed by atoms with Gasteiger partial charge < -0.3 is 15.4 Å². The molecule has 0 aliphatic heterocycles. The van der Waals surface area contributed by atoms with Gasteiger partial charge in [-0.1, -0.05) is 6.92 Å². The molecule has 1 aliphatic rings. The molecule has 1 unspecified atom stereocenters. The van der Waals surface area contributed by atoms with Crippen LogP contribution in [0.5, 0.6) is 0 Å². The van der Waals surface area contributed by atoms with Crippen LogP contribution in [0.25, 0.3) is 0 Å². The molecule has 2 rings (SSSR count). The SMILES string of the molecule is CCc1nc(C)c(C(=O)NC(C)(CNC(=O)OC(C)(C)C)C2CC2)s1. The topological polar surface area (TPSA) is 80.3 Å². The monoisotopic (exact) mass is 367 g/mol. The molecular formula is C18H29N3O3S. The normalized spacial score (nSPS) is 16.9. The van der Waals surface area contributed by atoms with E-state index in [2.05, 4.69) is 15.6 Å². The van der Waals surface area contributed by atoms with Crippen LogP contribution in [0, 0.1) is 12.8 Å². The maximum Gasteiger partial charge on any atom is 0.407 e. The van der Waals surface area contributed by atoms with Crippen molar-refractivity contribution in [3.8, 4) is 0 Å². The lowest BCUT2D eigenvalue weighted by Gasteiger charge is -2.31. The fourth-order valence-electron chi connectivity index (χ4n) is 2.71. The van der Waals surface area contributed by atoms with Gasteiger partial charge in [0.2, 0.25) is 0 Å². The van der Waals surface area contributed by atoms with Gasteiger partial charge in [0, 0.05) is 6.54 Å². The summed E-state index contributed by atoms with van der Waals surface area (Å²) >= 11 is 1.44.